The monoisotopic (exact) mass is 301 g/mol. The van der Waals surface area contributed by atoms with Crippen molar-refractivity contribution in [2.75, 3.05) is 5.32 Å². The molecule has 0 saturated heterocycles. The zero-order valence-electron chi connectivity index (χ0n) is 8.50. The molecule has 1 N–H and O–H groups in total. The molecule has 0 saturated carbocycles. The highest BCUT2D eigenvalue weighted by molar-refractivity contribution is 9.10. The maximum absolute atomic E-state index is 5.99. The quantitative estimate of drug-likeness (QED) is 0.944. The molecule has 0 bridgehead atoms. The van der Waals surface area contributed by atoms with Crippen LogP contribution in [0.15, 0.2) is 27.3 Å². The van der Waals surface area contributed by atoms with Gasteiger partial charge in [0.15, 0.2) is 0 Å². The van der Waals surface area contributed by atoms with E-state index in [1.54, 1.807) is 18.5 Å². The summed E-state index contributed by atoms with van der Waals surface area (Å²) in [7, 11) is 0. The van der Waals surface area contributed by atoms with Gasteiger partial charge in [-0.2, -0.15) is 0 Å². The Kier molecular flexibility index (Phi) is 3.46. The summed E-state index contributed by atoms with van der Waals surface area (Å²) in [5.41, 5.74) is 0. The number of nitrogens with one attached hydrogen (secondary N) is 1. The number of anilines is 1. The predicted molar refractivity (Wildman–Crippen MR) is 65.5 cm³/mol. The van der Waals surface area contributed by atoms with E-state index in [0.29, 0.717) is 23.3 Å². The van der Waals surface area contributed by atoms with E-state index in [1.165, 1.54) is 0 Å². The van der Waals surface area contributed by atoms with E-state index in [-0.39, 0.29) is 0 Å². The minimum Gasteiger partial charge on any atom is -0.444 e. The number of pyridine rings is 1. The van der Waals surface area contributed by atoms with Gasteiger partial charge in [-0.1, -0.05) is 11.6 Å². The Labute approximate surface area is 106 Å². The lowest BCUT2D eigenvalue weighted by molar-refractivity contribution is 0.479. The first kappa shape index (κ1) is 11.4. The van der Waals surface area contributed by atoms with Crippen LogP contribution in [0.25, 0.3) is 0 Å². The van der Waals surface area contributed by atoms with Gasteiger partial charge in [0, 0.05) is 10.7 Å². The second-order valence-corrected chi connectivity index (χ2v) is 4.53. The highest BCUT2D eigenvalue weighted by Gasteiger charge is 2.04. The van der Waals surface area contributed by atoms with Gasteiger partial charge in [-0.05, 0) is 28.9 Å². The van der Waals surface area contributed by atoms with Crippen LogP contribution in [-0.2, 0) is 6.54 Å². The van der Waals surface area contributed by atoms with E-state index in [4.69, 9.17) is 16.0 Å². The minimum absolute atomic E-state index is 0.461. The number of nitrogens with zero attached hydrogens (tertiary/aromatic N) is 2. The molecular formula is C10H9BrClN3O. The van der Waals surface area contributed by atoms with Crippen LogP contribution in [0.1, 0.15) is 11.7 Å². The van der Waals surface area contributed by atoms with Crippen molar-refractivity contribution in [3.63, 3.8) is 0 Å². The van der Waals surface area contributed by atoms with Crippen molar-refractivity contribution in [3.05, 3.63) is 39.6 Å². The van der Waals surface area contributed by atoms with Gasteiger partial charge in [0.25, 0.3) is 0 Å². The average molecular weight is 303 g/mol. The molecule has 0 radical (unpaired) electrons. The zero-order valence-corrected chi connectivity index (χ0v) is 10.8. The van der Waals surface area contributed by atoms with Gasteiger partial charge in [0.2, 0.25) is 5.89 Å². The molecule has 2 aromatic rings. The summed E-state index contributed by atoms with van der Waals surface area (Å²) in [6.07, 6.45) is 3.35. The topological polar surface area (TPSA) is 51.0 Å². The second-order valence-electron chi connectivity index (χ2n) is 3.20. The highest BCUT2D eigenvalue weighted by Crippen LogP contribution is 2.23. The minimum atomic E-state index is 0.461. The molecule has 0 aliphatic rings. The van der Waals surface area contributed by atoms with Crippen LogP contribution < -0.4 is 5.32 Å². The van der Waals surface area contributed by atoms with Gasteiger partial charge < -0.3 is 9.73 Å². The summed E-state index contributed by atoms with van der Waals surface area (Å²) in [5.74, 6) is 2.01. The molecule has 6 heteroatoms. The summed E-state index contributed by atoms with van der Waals surface area (Å²) >= 11 is 9.28. The predicted octanol–water partition coefficient (Wildman–Crippen LogP) is 3.41. The van der Waals surface area contributed by atoms with Gasteiger partial charge in [0.05, 0.1) is 17.8 Å². The van der Waals surface area contributed by atoms with Crippen molar-refractivity contribution in [2.24, 2.45) is 0 Å². The standard InChI is InChI=1S/C10H9BrClN3O/c1-6-3-13-9(16-6)5-15-10-8(12)2-7(11)4-14-10/h2-4H,5H2,1H3,(H,14,15). The van der Waals surface area contributed by atoms with Crippen molar-refractivity contribution in [1.29, 1.82) is 0 Å². The third-order valence-corrected chi connectivity index (χ3v) is 2.61. The number of aromatic nitrogens is 2. The molecule has 0 amide bonds. The van der Waals surface area contributed by atoms with E-state index in [2.05, 4.69) is 31.2 Å². The maximum atomic E-state index is 5.99. The third-order valence-electron chi connectivity index (χ3n) is 1.88. The second kappa shape index (κ2) is 4.84. The largest absolute Gasteiger partial charge is 0.444 e. The first-order valence-electron chi connectivity index (χ1n) is 4.61. The molecule has 0 spiro atoms. The van der Waals surface area contributed by atoms with Gasteiger partial charge in [-0.25, -0.2) is 9.97 Å². The Morgan fingerprint density at radius 2 is 2.25 bits per heavy atom. The molecule has 0 aromatic carbocycles. The Hall–Kier alpha value is -1.07. The Bertz CT molecular complexity index is 501. The maximum Gasteiger partial charge on any atom is 0.213 e. The van der Waals surface area contributed by atoms with Crippen molar-refractivity contribution >= 4 is 33.3 Å². The van der Waals surface area contributed by atoms with Crippen LogP contribution >= 0.6 is 27.5 Å². The summed E-state index contributed by atoms with van der Waals surface area (Å²) in [6, 6.07) is 1.78. The fourth-order valence-corrected chi connectivity index (χ4v) is 1.88. The van der Waals surface area contributed by atoms with Crippen LogP contribution in [-0.4, -0.2) is 9.97 Å². The molecule has 0 aliphatic carbocycles. The lowest BCUT2D eigenvalue weighted by Gasteiger charge is -2.04. The average Bonchev–Trinajstić information content (AvgIpc) is 2.63. The summed E-state index contributed by atoms with van der Waals surface area (Å²) in [5, 5.41) is 3.60. The lowest BCUT2D eigenvalue weighted by atomic mass is 10.4. The first-order valence-corrected chi connectivity index (χ1v) is 5.78. The van der Waals surface area contributed by atoms with Gasteiger partial charge >= 0.3 is 0 Å². The normalized spacial score (nSPS) is 10.4. The number of hydrogen-bond donors (Lipinski definition) is 1. The van der Waals surface area contributed by atoms with Crippen molar-refractivity contribution < 1.29 is 4.42 Å². The molecule has 4 nitrogen and oxygen atoms in total. The van der Waals surface area contributed by atoms with E-state index in [1.807, 2.05) is 6.92 Å². The van der Waals surface area contributed by atoms with E-state index in [0.717, 1.165) is 10.2 Å². The SMILES string of the molecule is Cc1cnc(CNc2ncc(Br)cc2Cl)o1. The van der Waals surface area contributed by atoms with Crippen molar-refractivity contribution in [1.82, 2.24) is 9.97 Å². The number of aryl methyl sites for hydroxylation is 1. The van der Waals surface area contributed by atoms with E-state index >= 15 is 0 Å². The molecule has 2 aromatic heterocycles. The Morgan fingerprint density at radius 1 is 1.44 bits per heavy atom. The summed E-state index contributed by atoms with van der Waals surface area (Å²) < 4.78 is 6.16. The zero-order chi connectivity index (χ0) is 11.5. The molecule has 0 atom stereocenters. The van der Waals surface area contributed by atoms with Crippen LogP contribution in [0.4, 0.5) is 5.82 Å². The molecule has 0 aliphatic heterocycles. The van der Waals surface area contributed by atoms with Gasteiger partial charge in [-0.3, -0.25) is 0 Å². The number of oxazole rings is 1. The van der Waals surface area contributed by atoms with Crippen molar-refractivity contribution in [2.45, 2.75) is 13.5 Å². The Morgan fingerprint density at radius 3 is 2.88 bits per heavy atom. The Balaban J connectivity index is 2.04. The van der Waals surface area contributed by atoms with E-state index < -0.39 is 0 Å². The lowest BCUT2D eigenvalue weighted by Crippen LogP contribution is -2.01. The fraction of sp³-hybridized carbons (Fsp3) is 0.200. The molecule has 2 heterocycles. The van der Waals surface area contributed by atoms with Gasteiger partial charge in [0.1, 0.15) is 11.6 Å². The van der Waals surface area contributed by atoms with Crippen LogP contribution in [0.2, 0.25) is 5.02 Å². The van der Waals surface area contributed by atoms with Gasteiger partial charge in [-0.15, -0.1) is 0 Å². The molecule has 0 unspecified atom stereocenters. The van der Waals surface area contributed by atoms with Crippen molar-refractivity contribution in [3.8, 4) is 0 Å². The van der Waals surface area contributed by atoms with E-state index in [9.17, 15) is 0 Å². The molecule has 0 fully saturated rings. The summed E-state index contributed by atoms with van der Waals surface area (Å²) in [4.78, 5) is 8.21. The summed E-state index contributed by atoms with van der Waals surface area (Å²) in [6.45, 7) is 2.31. The number of halogens is 2. The molecule has 2 rings (SSSR count). The van der Waals surface area contributed by atoms with Crippen LogP contribution in [0.5, 0.6) is 0 Å². The fourth-order valence-electron chi connectivity index (χ4n) is 1.19. The third kappa shape index (κ3) is 2.74. The number of rotatable bonds is 3. The van der Waals surface area contributed by atoms with Crippen LogP contribution in [0, 0.1) is 6.92 Å². The molecule has 84 valence electrons. The smallest absolute Gasteiger partial charge is 0.213 e. The number of hydrogen-bond acceptors (Lipinski definition) is 4. The highest BCUT2D eigenvalue weighted by atomic mass is 79.9. The first-order chi connectivity index (χ1) is 7.65. The molecule has 16 heavy (non-hydrogen) atoms. The van der Waals surface area contributed by atoms with Crippen LogP contribution in [0.3, 0.4) is 0 Å². The molecular weight excluding hydrogens is 293 g/mol.